The zero-order valence-electron chi connectivity index (χ0n) is 23.6. The zero-order valence-corrected chi connectivity index (χ0v) is 24.4. The van der Waals surface area contributed by atoms with Crippen LogP contribution < -0.4 is 21.1 Å². The first kappa shape index (κ1) is 28.0. The molecular weight excluding hydrogens is 559 g/mol. The molecule has 6 rings (SSSR count). The van der Waals surface area contributed by atoms with Crippen LogP contribution in [-0.2, 0) is 13.5 Å². The number of aromatic nitrogens is 3. The summed E-state index contributed by atoms with van der Waals surface area (Å²) in [6.07, 6.45) is 1.32. The molecule has 1 saturated heterocycles. The molecule has 0 saturated carbocycles. The molecule has 1 unspecified atom stereocenters. The number of carbonyl (C=O) groups excluding carboxylic acids is 1. The van der Waals surface area contributed by atoms with E-state index in [-0.39, 0.29) is 34.2 Å². The van der Waals surface area contributed by atoms with E-state index in [9.17, 15) is 19.8 Å². The first-order chi connectivity index (χ1) is 19.9. The summed E-state index contributed by atoms with van der Waals surface area (Å²) in [7, 11) is 1.48. The molecule has 1 atom stereocenters. The number of carbonyl (C=O) groups is 1. The van der Waals surface area contributed by atoms with Crippen molar-refractivity contribution in [2.24, 2.45) is 12.5 Å². The number of amides is 1. The van der Waals surface area contributed by atoms with Crippen LogP contribution >= 0.6 is 11.3 Å². The molecule has 42 heavy (non-hydrogen) atoms. The molecule has 1 aliphatic heterocycles. The van der Waals surface area contributed by atoms with Crippen LogP contribution in [0.2, 0.25) is 0 Å². The maximum absolute atomic E-state index is 16.0. The number of nitrogens with one attached hydrogen (secondary N) is 2. The monoisotopic (exact) mass is 590 g/mol. The molecule has 1 fully saturated rings. The van der Waals surface area contributed by atoms with Gasteiger partial charge in [0.1, 0.15) is 11.5 Å². The third-order valence-corrected chi connectivity index (χ3v) is 9.03. The number of anilines is 4. The number of fused-ring (bicyclic) bond motifs is 1. The Morgan fingerprint density at radius 2 is 1.93 bits per heavy atom. The molecule has 12 heteroatoms. The zero-order chi connectivity index (χ0) is 29.9. The molecule has 0 spiro atoms. The summed E-state index contributed by atoms with van der Waals surface area (Å²) in [6, 6.07) is 9.94. The van der Waals surface area contributed by atoms with E-state index in [0.29, 0.717) is 35.8 Å². The van der Waals surface area contributed by atoms with Gasteiger partial charge in [0.05, 0.1) is 40.4 Å². The van der Waals surface area contributed by atoms with Crippen LogP contribution in [0.25, 0.3) is 11.3 Å². The van der Waals surface area contributed by atoms with Gasteiger partial charge in [-0.05, 0) is 60.2 Å². The molecule has 0 bridgehead atoms. The Morgan fingerprint density at radius 1 is 1.17 bits per heavy atom. The van der Waals surface area contributed by atoms with Crippen molar-refractivity contribution in [2.75, 3.05) is 28.6 Å². The van der Waals surface area contributed by atoms with Crippen LogP contribution in [0, 0.1) is 18.2 Å². The van der Waals surface area contributed by atoms with E-state index in [0.717, 1.165) is 20.8 Å². The normalized spacial score (nSPS) is 17.6. The van der Waals surface area contributed by atoms with E-state index in [1.165, 1.54) is 24.5 Å². The quantitative estimate of drug-likeness (QED) is 0.263. The van der Waals surface area contributed by atoms with Crippen molar-refractivity contribution >= 4 is 40.1 Å². The van der Waals surface area contributed by atoms with Crippen LogP contribution in [0.3, 0.4) is 0 Å². The molecule has 2 aliphatic rings. The van der Waals surface area contributed by atoms with Crippen molar-refractivity contribution < 1.29 is 19.4 Å². The predicted molar refractivity (Wildman–Crippen MR) is 160 cm³/mol. The lowest BCUT2D eigenvalue weighted by Crippen LogP contribution is -2.50. The summed E-state index contributed by atoms with van der Waals surface area (Å²) < 4.78 is 17.1. The maximum atomic E-state index is 16.0. The number of aryl methyl sites for hydroxylation is 2. The van der Waals surface area contributed by atoms with Gasteiger partial charge in [0.2, 0.25) is 0 Å². The third-order valence-electron chi connectivity index (χ3n) is 7.88. The van der Waals surface area contributed by atoms with Crippen molar-refractivity contribution in [3.05, 3.63) is 79.6 Å². The van der Waals surface area contributed by atoms with E-state index in [4.69, 9.17) is 0 Å². The topological polar surface area (TPSA) is 133 Å². The highest BCUT2D eigenvalue weighted by molar-refractivity contribution is 7.14. The highest BCUT2D eigenvalue weighted by Gasteiger charge is 2.40. The lowest BCUT2D eigenvalue weighted by Gasteiger charge is -2.37. The number of benzene rings is 1. The van der Waals surface area contributed by atoms with Gasteiger partial charge in [0.15, 0.2) is 5.82 Å². The number of nitrogens with zero attached hydrogens (tertiary/aromatic N) is 4. The van der Waals surface area contributed by atoms with Gasteiger partial charge in [0, 0.05) is 30.6 Å². The molecule has 10 nitrogen and oxygen atoms in total. The second kappa shape index (κ2) is 10.3. The summed E-state index contributed by atoms with van der Waals surface area (Å²) in [4.78, 5) is 33.7. The molecule has 218 valence electrons. The van der Waals surface area contributed by atoms with Crippen molar-refractivity contribution in [3.63, 3.8) is 0 Å². The van der Waals surface area contributed by atoms with E-state index in [2.05, 4.69) is 20.7 Å². The number of pyridine rings is 1. The second-order valence-electron chi connectivity index (χ2n) is 11.6. The van der Waals surface area contributed by atoms with Crippen LogP contribution in [0.4, 0.5) is 27.3 Å². The average molecular weight is 591 g/mol. The summed E-state index contributed by atoms with van der Waals surface area (Å²) in [5.41, 5.74) is 1.90. The number of β-amino-alcohol motifs (C(OH)–C–C–N with tert-alkyl or cyclic N) is 1. The van der Waals surface area contributed by atoms with E-state index in [1.807, 2.05) is 24.8 Å². The Balaban J connectivity index is 1.26. The van der Waals surface area contributed by atoms with E-state index in [1.54, 1.807) is 37.4 Å². The minimum atomic E-state index is -0.676. The minimum absolute atomic E-state index is 0.0190. The van der Waals surface area contributed by atoms with Crippen molar-refractivity contribution in [1.29, 1.82) is 0 Å². The van der Waals surface area contributed by atoms with E-state index >= 15 is 4.39 Å². The van der Waals surface area contributed by atoms with Gasteiger partial charge in [-0.25, -0.2) is 14.1 Å². The maximum Gasteiger partial charge on any atom is 0.290 e. The SMILES string of the molecule is Cc1ccc(-c2cc(Nc3ccc(N4CC(O)C4)cn3)c(=O)n(C)n2)c(F)c1NC(=O)c1cc2c(s1)CC(C)(C)C2O. The van der Waals surface area contributed by atoms with Gasteiger partial charge >= 0.3 is 0 Å². The molecule has 4 N–H and O–H groups in total. The largest absolute Gasteiger partial charge is 0.389 e. The smallest absolute Gasteiger partial charge is 0.290 e. The van der Waals surface area contributed by atoms with Gasteiger partial charge in [-0.1, -0.05) is 19.9 Å². The molecule has 3 aromatic heterocycles. The average Bonchev–Trinajstić information content (AvgIpc) is 3.43. The Morgan fingerprint density at radius 3 is 2.60 bits per heavy atom. The number of hydrogen-bond acceptors (Lipinski definition) is 9. The molecule has 4 heterocycles. The number of aliphatic hydroxyl groups is 2. The number of halogens is 1. The number of rotatable bonds is 6. The Labute approximate surface area is 245 Å². The molecule has 1 aliphatic carbocycles. The van der Waals surface area contributed by atoms with Crippen molar-refractivity contribution in [1.82, 2.24) is 14.8 Å². The highest BCUT2D eigenvalue weighted by atomic mass is 32.1. The highest BCUT2D eigenvalue weighted by Crippen LogP contribution is 2.48. The van der Waals surface area contributed by atoms with Crippen LogP contribution in [0.5, 0.6) is 0 Å². The molecule has 1 amide bonds. The molecule has 4 aromatic rings. The predicted octanol–water partition coefficient (Wildman–Crippen LogP) is 4.14. The van der Waals surface area contributed by atoms with Gasteiger partial charge in [-0.2, -0.15) is 5.10 Å². The van der Waals surface area contributed by atoms with Gasteiger partial charge < -0.3 is 25.7 Å². The first-order valence-electron chi connectivity index (χ1n) is 13.6. The molecule has 1 aromatic carbocycles. The fourth-order valence-corrected chi connectivity index (χ4v) is 6.66. The molecular formula is C30H31FN6O4S. The number of thiophene rings is 1. The van der Waals surface area contributed by atoms with E-state index < -0.39 is 23.4 Å². The van der Waals surface area contributed by atoms with Crippen molar-refractivity contribution in [3.8, 4) is 11.3 Å². The Kier molecular flexibility index (Phi) is 6.87. The lowest BCUT2D eigenvalue weighted by molar-refractivity contribution is 0.0665. The third kappa shape index (κ3) is 4.95. The summed E-state index contributed by atoms with van der Waals surface area (Å²) in [5, 5.41) is 30.1. The van der Waals surface area contributed by atoms with Crippen LogP contribution in [-0.4, -0.2) is 50.1 Å². The fourth-order valence-electron chi connectivity index (χ4n) is 5.34. The standard InChI is InChI=1S/C30H31FN6O4S/c1-15-5-7-18(25(31)26(15)34-28(40)22-9-19-23(42-22)11-30(2,3)27(19)39)20-10-21(29(41)36(4)35-20)33-24-8-6-16(12-32-24)37-13-17(38)14-37/h5-10,12,17,27,38-39H,11,13-14H2,1-4H3,(H,32,33)(H,34,40). The molecule has 0 radical (unpaired) electrons. The van der Waals surface area contributed by atoms with Gasteiger partial charge in [-0.3, -0.25) is 9.59 Å². The summed E-state index contributed by atoms with van der Waals surface area (Å²) in [5.74, 6) is -0.718. The Bertz CT molecular complexity index is 1760. The minimum Gasteiger partial charge on any atom is -0.389 e. The van der Waals surface area contributed by atoms with Crippen LogP contribution in [0.1, 0.15) is 45.6 Å². The number of aliphatic hydroxyl groups excluding tert-OH is 2. The lowest BCUT2D eigenvalue weighted by atomic mass is 9.88. The fraction of sp³-hybridized carbons (Fsp3) is 0.333. The summed E-state index contributed by atoms with van der Waals surface area (Å²) >= 11 is 1.31. The summed E-state index contributed by atoms with van der Waals surface area (Å²) in [6.45, 7) is 6.75. The first-order valence-corrected chi connectivity index (χ1v) is 14.4. The Hall–Kier alpha value is -4.13. The van der Waals surface area contributed by atoms with Crippen molar-refractivity contribution in [2.45, 2.75) is 39.4 Å². The van der Waals surface area contributed by atoms with Gasteiger partial charge in [0.25, 0.3) is 11.5 Å². The van der Waals surface area contributed by atoms with Crippen LogP contribution in [0.15, 0.2) is 47.4 Å². The second-order valence-corrected chi connectivity index (χ2v) is 12.7. The number of hydrogen-bond donors (Lipinski definition) is 4. The van der Waals surface area contributed by atoms with Gasteiger partial charge in [-0.15, -0.1) is 11.3 Å².